The second-order valence-electron chi connectivity index (χ2n) is 4.07. The number of rotatable bonds is 4. The molecule has 0 bridgehead atoms. The summed E-state index contributed by atoms with van der Waals surface area (Å²) in [5.74, 6) is 0. The largest absolute Gasteiger partial charge is 0.378 e. The van der Waals surface area contributed by atoms with Gasteiger partial charge in [-0.2, -0.15) is 0 Å². The first-order chi connectivity index (χ1) is 6.94. The highest BCUT2D eigenvalue weighted by atomic mass is 16.6. The molecule has 1 aromatic carbocycles. The minimum atomic E-state index is -0.386. The van der Waals surface area contributed by atoms with E-state index in [1.807, 2.05) is 19.9 Å². The minimum absolute atomic E-state index is 0.124. The van der Waals surface area contributed by atoms with Gasteiger partial charge in [0.1, 0.15) is 0 Å². The number of benzene rings is 1. The number of nitrogens with zero attached hydrogens (tertiary/aromatic N) is 1. The molecule has 0 amide bonds. The number of nitro groups is 1. The molecule has 1 aromatic rings. The number of methoxy groups -OCH3 is 1. The number of nitro benzene ring substituents is 1. The van der Waals surface area contributed by atoms with Crippen molar-refractivity contribution in [3.05, 3.63) is 39.9 Å². The summed E-state index contributed by atoms with van der Waals surface area (Å²) in [6.07, 6.45) is 0.658. The summed E-state index contributed by atoms with van der Waals surface area (Å²) in [4.78, 5) is 10.2. The van der Waals surface area contributed by atoms with Crippen LogP contribution in [0.3, 0.4) is 0 Å². The van der Waals surface area contributed by atoms with Crippen molar-refractivity contribution in [2.45, 2.75) is 25.9 Å². The van der Waals surface area contributed by atoms with Crippen LogP contribution in [0, 0.1) is 10.1 Å². The van der Waals surface area contributed by atoms with Gasteiger partial charge in [-0.3, -0.25) is 10.1 Å². The van der Waals surface area contributed by atoms with Crippen molar-refractivity contribution in [3.8, 4) is 0 Å². The molecule has 0 aliphatic rings. The summed E-state index contributed by atoms with van der Waals surface area (Å²) >= 11 is 0. The van der Waals surface area contributed by atoms with E-state index in [-0.39, 0.29) is 16.2 Å². The molecule has 0 radical (unpaired) electrons. The Balaban J connectivity index is 2.87. The van der Waals surface area contributed by atoms with Gasteiger partial charge in [0, 0.05) is 25.7 Å². The Kier molecular flexibility index (Phi) is 3.42. The molecule has 0 aliphatic heterocycles. The first-order valence-electron chi connectivity index (χ1n) is 4.73. The number of hydrogen-bond donors (Lipinski definition) is 0. The quantitative estimate of drug-likeness (QED) is 0.565. The smallest absolute Gasteiger partial charge is 0.269 e. The summed E-state index contributed by atoms with van der Waals surface area (Å²) in [7, 11) is 1.64. The van der Waals surface area contributed by atoms with Gasteiger partial charge in [0.05, 0.1) is 10.5 Å². The van der Waals surface area contributed by atoms with Gasteiger partial charge < -0.3 is 4.74 Å². The molecule has 0 saturated carbocycles. The summed E-state index contributed by atoms with van der Waals surface area (Å²) in [6, 6.07) is 6.64. The highest BCUT2D eigenvalue weighted by molar-refractivity contribution is 5.34. The Hall–Kier alpha value is -1.42. The molecular formula is C11H15NO3. The molecule has 0 heterocycles. The van der Waals surface area contributed by atoms with E-state index in [1.165, 1.54) is 6.07 Å². The van der Waals surface area contributed by atoms with Gasteiger partial charge in [-0.1, -0.05) is 12.1 Å². The van der Waals surface area contributed by atoms with E-state index in [9.17, 15) is 10.1 Å². The second-order valence-corrected chi connectivity index (χ2v) is 4.07. The molecule has 4 nitrogen and oxygen atoms in total. The van der Waals surface area contributed by atoms with Crippen molar-refractivity contribution in [3.63, 3.8) is 0 Å². The second kappa shape index (κ2) is 4.40. The molecule has 0 unspecified atom stereocenters. The van der Waals surface area contributed by atoms with Crippen LogP contribution in [-0.2, 0) is 11.2 Å². The molecule has 0 aromatic heterocycles. The molecule has 1 rings (SSSR count). The predicted octanol–water partition coefficient (Wildman–Crippen LogP) is 2.56. The lowest BCUT2D eigenvalue weighted by molar-refractivity contribution is -0.384. The fourth-order valence-electron chi connectivity index (χ4n) is 1.34. The Morgan fingerprint density at radius 1 is 1.47 bits per heavy atom. The van der Waals surface area contributed by atoms with Crippen molar-refractivity contribution < 1.29 is 9.66 Å². The summed E-state index contributed by atoms with van der Waals surface area (Å²) in [5.41, 5.74) is 0.741. The van der Waals surface area contributed by atoms with Crippen molar-refractivity contribution in [1.29, 1.82) is 0 Å². The first-order valence-corrected chi connectivity index (χ1v) is 4.73. The maximum Gasteiger partial charge on any atom is 0.269 e. The van der Waals surface area contributed by atoms with Gasteiger partial charge in [-0.15, -0.1) is 0 Å². The van der Waals surface area contributed by atoms with Crippen molar-refractivity contribution >= 4 is 5.69 Å². The van der Waals surface area contributed by atoms with Crippen LogP contribution in [-0.4, -0.2) is 17.6 Å². The predicted molar refractivity (Wildman–Crippen MR) is 57.9 cm³/mol. The van der Waals surface area contributed by atoms with Crippen LogP contribution in [0.2, 0.25) is 0 Å². The summed E-state index contributed by atoms with van der Waals surface area (Å²) in [6.45, 7) is 3.90. The van der Waals surface area contributed by atoms with E-state index in [2.05, 4.69) is 0 Å². The highest BCUT2D eigenvalue weighted by Crippen LogP contribution is 2.19. The maximum absolute atomic E-state index is 10.6. The third kappa shape index (κ3) is 3.32. The van der Waals surface area contributed by atoms with E-state index in [4.69, 9.17) is 4.74 Å². The lowest BCUT2D eigenvalue weighted by Gasteiger charge is -2.22. The molecule has 0 atom stereocenters. The van der Waals surface area contributed by atoms with E-state index in [1.54, 1.807) is 19.2 Å². The molecule has 82 valence electrons. The Morgan fingerprint density at radius 3 is 2.67 bits per heavy atom. The van der Waals surface area contributed by atoms with Gasteiger partial charge in [-0.05, 0) is 19.4 Å². The first kappa shape index (κ1) is 11.7. The Labute approximate surface area is 89.0 Å². The summed E-state index contributed by atoms with van der Waals surface area (Å²) < 4.78 is 5.27. The SMILES string of the molecule is COC(C)(C)Cc1cccc([N+](=O)[O-])c1. The standard InChI is InChI=1S/C11H15NO3/c1-11(2,15-3)8-9-5-4-6-10(7-9)12(13)14/h4-7H,8H2,1-3H3. The molecule has 0 N–H and O–H groups in total. The third-order valence-corrected chi connectivity index (χ3v) is 2.30. The fraction of sp³-hybridized carbons (Fsp3) is 0.455. The lowest BCUT2D eigenvalue weighted by atomic mass is 9.98. The van der Waals surface area contributed by atoms with Crippen LogP contribution in [0.1, 0.15) is 19.4 Å². The van der Waals surface area contributed by atoms with Gasteiger partial charge in [0.2, 0.25) is 0 Å². The Bertz CT molecular complexity index is 361. The van der Waals surface area contributed by atoms with E-state index in [0.29, 0.717) is 6.42 Å². The van der Waals surface area contributed by atoms with E-state index < -0.39 is 0 Å². The molecular weight excluding hydrogens is 194 g/mol. The average Bonchev–Trinajstić information content (AvgIpc) is 2.17. The van der Waals surface area contributed by atoms with E-state index >= 15 is 0 Å². The zero-order valence-corrected chi connectivity index (χ0v) is 9.19. The molecule has 15 heavy (non-hydrogen) atoms. The highest BCUT2D eigenvalue weighted by Gasteiger charge is 2.18. The zero-order chi connectivity index (χ0) is 11.5. The van der Waals surface area contributed by atoms with Crippen LogP contribution in [0.25, 0.3) is 0 Å². The van der Waals surface area contributed by atoms with E-state index in [0.717, 1.165) is 5.56 Å². The molecule has 0 spiro atoms. The van der Waals surface area contributed by atoms with Crippen molar-refractivity contribution in [2.75, 3.05) is 7.11 Å². The average molecular weight is 209 g/mol. The Morgan fingerprint density at radius 2 is 2.13 bits per heavy atom. The molecule has 4 heteroatoms. The lowest BCUT2D eigenvalue weighted by Crippen LogP contribution is -2.25. The van der Waals surface area contributed by atoms with Gasteiger partial charge in [0.15, 0.2) is 0 Å². The number of hydrogen-bond acceptors (Lipinski definition) is 3. The molecule has 0 fully saturated rings. The molecule has 0 saturated heterocycles. The van der Waals surface area contributed by atoms with Crippen LogP contribution in [0.4, 0.5) is 5.69 Å². The minimum Gasteiger partial charge on any atom is -0.378 e. The summed E-state index contributed by atoms with van der Waals surface area (Å²) in [5, 5.41) is 10.6. The maximum atomic E-state index is 10.6. The van der Waals surface area contributed by atoms with Crippen molar-refractivity contribution in [2.24, 2.45) is 0 Å². The van der Waals surface area contributed by atoms with Crippen LogP contribution >= 0.6 is 0 Å². The molecule has 0 aliphatic carbocycles. The van der Waals surface area contributed by atoms with Crippen LogP contribution < -0.4 is 0 Å². The van der Waals surface area contributed by atoms with Crippen LogP contribution in [0.5, 0.6) is 0 Å². The van der Waals surface area contributed by atoms with Crippen LogP contribution in [0.15, 0.2) is 24.3 Å². The zero-order valence-electron chi connectivity index (χ0n) is 9.19. The normalized spacial score (nSPS) is 11.4. The fourth-order valence-corrected chi connectivity index (χ4v) is 1.34. The third-order valence-electron chi connectivity index (χ3n) is 2.30. The van der Waals surface area contributed by atoms with Gasteiger partial charge in [-0.25, -0.2) is 0 Å². The monoisotopic (exact) mass is 209 g/mol. The number of ether oxygens (including phenoxy) is 1. The van der Waals surface area contributed by atoms with Crippen molar-refractivity contribution in [1.82, 2.24) is 0 Å². The van der Waals surface area contributed by atoms with Gasteiger partial charge in [0.25, 0.3) is 5.69 Å². The number of non-ortho nitro benzene ring substituents is 1. The topological polar surface area (TPSA) is 52.4 Å². The van der Waals surface area contributed by atoms with Gasteiger partial charge >= 0.3 is 0 Å².